The molecule has 0 heterocycles. The molecule has 3 aliphatic carbocycles. The lowest BCUT2D eigenvalue weighted by atomic mass is 10.0. The molecule has 2 bridgehead atoms. The number of hydrogen-bond acceptors (Lipinski definition) is 2. The van der Waals surface area contributed by atoms with Crippen LogP contribution in [0.3, 0.4) is 0 Å². The van der Waals surface area contributed by atoms with Gasteiger partial charge in [0.2, 0.25) is 0 Å². The van der Waals surface area contributed by atoms with Gasteiger partial charge in [0.15, 0.2) is 11.6 Å². The number of benzene rings is 1. The fraction of sp³-hybridized carbons (Fsp3) is 0.533. The van der Waals surface area contributed by atoms with Gasteiger partial charge in [0.25, 0.3) is 5.91 Å². The number of halogens is 2. The van der Waals surface area contributed by atoms with Crippen LogP contribution in [0.25, 0.3) is 0 Å². The minimum absolute atomic E-state index is 0.0184. The number of carbonyl (C=O) groups excluding carboxylic acids is 1. The van der Waals surface area contributed by atoms with Crippen LogP contribution in [0.15, 0.2) is 12.1 Å². The molecule has 0 aliphatic heterocycles. The van der Waals surface area contributed by atoms with Crippen LogP contribution >= 0.6 is 0 Å². The van der Waals surface area contributed by atoms with Crippen molar-refractivity contribution in [2.45, 2.75) is 25.3 Å². The van der Waals surface area contributed by atoms with Crippen LogP contribution in [0.5, 0.6) is 0 Å². The highest BCUT2D eigenvalue weighted by Gasteiger charge is 2.65. The van der Waals surface area contributed by atoms with Crippen LogP contribution in [-0.4, -0.2) is 11.9 Å². The molecule has 1 amide bonds. The molecule has 3 saturated carbocycles. The molecule has 1 aromatic rings. The maximum absolute atomic E-state index is 13.2. The van der Waals surface area contributed by atoms with E-state index in [0.717, 1.165) is 24.0 Å². The van der Waals surface area contributed by atoms with Gasteiger partial charge < -0.3 is 11.1 Å². The van der Waals surface area contributed by atoms with E-state index in [1.165, 1.54) is 19.3 Å². The van der Waals surface area contributed by atoms with E-state index in [2.05, 4.69) is 5.32 Å². The van der Waals surface area contributed by atoms with Crippen molar-refractivity contribution in [3.05, 3.63) is 29.3 Å². The zero-order chi connectivity index (χ0) is 14.0. The number of rotatable bonds is 2. The first-order chi connectivity index (χ1) is 9.56. The molecular weight excluding hydrogens is 262 g/mol. The Labute approximate surface area is 115 Å². The quantitative estimate of drug-likeness (QED) is 0.816. The van der Waals surface area contributed by atoms with Crippen LogP contribution in [0, 0.1) is 35.3 Å². The van der Waals surface area contributed by atoms with Gasteiger partial charge in [0.05, 0.1) is 5.56 Å². The van der Waals surface area contributed by atoms with Crippen molar-refractivity contribution in [3.63, 3.8) is 0 Å². The largest absolute Gasteiger partial charge is 0.398 e. The zero-order valence-electron chi connectivity index (χ0n) is 10.9. The first-order valence-electron chi connectivity index (χ1n) is 7.11. The summed E-state index contributed by atoms with van der Waals surface area (Å²) in [5.74, 6) is 0.240. The Bertz CT molecular complexity index is 588. The Kier molecular flexibility index (Phi) is 2.38. The van der Waals surface area contributed by atoms with Crippen LogP contribution in [0.2, 0.25) is 0 Å². The van der Waals surface area contributed by atoms with E-state index < -0.39 is 11.6 Å². The number of carbonyl (C=O) groups is 1. The van der Waals surface area contributed by atoms with Gasteiger partial charge in [0.1, 0.15) is 0 Å². The van der Waals surface area contributed by atoms with Crippen molar-refractivity contribution in [2.24, 2.45) is 23.7 Å². The first kappa shape index (κ1) is 12.1. The van der Waals surface area contributed by atoms with Crippen molar-refractivity contribution < 1.29 is 13.6 Å². The van der Waals surface area contributed by atoms with Gasteiger partial charge in [-0.05, 0) is 49.0 Å². The van der Waals surface area contributed by atoms with E-state index >= 15 is 0 Å². The topological polar surface area (TPSA) is 55.1 Å². The van der Waals surface area contributed by atoms with Crippen molar-refractivity contribution in [2.75, 3.05) is 5.73 Å². The third-order valence-electron chi connectivity index (χ3n) is 5.37. The molecule has 3 nitrogen and oxygen atoms in total. The fourth-order valence-corrected chi connectivity index (χ4v) is 4.51. The summed E-state index contributed by atoms with van der Waals surface area (Å²) in [6.45, 7) is 0. The van der Waals surface area contributed by atoms with E-state index in [9.17, 15) is 13.6 Å². The Balaban J connectivity index is 1.51. The lowest BCUT2D eigenvalue weighted by Gasteiger charge is -2.12. The van der Waals surface area contributed by atoms with Crippen LogP contribution in [-0.2, 0) is 0 Å². The molecular formula is C15H16F2N2O. The number of hydrogen-bond donors (Lipinski definition) is 2. The summed E-state index contributed by atoms with van der Waals surface area (Å²) in [5.41, 5.74) is 5.61. The van der Waals surface area contributed by atoms with Crippen molar-refractivity contribution in [3.8, 4) is 0 Å². The van der Waals surface area contributed by atoms with E-state index in [1.807, 2.05) is 0 Å². The molecule has 0 radical (unpaired) electrons. The summed E-state index contributed by atoms with van der Waals surface area (Å²) < 4.78 is 26.2. The number of nitrogens with one attached hydrogen (secondary N) is 1. The third-order valence-corrected chi connectivity index (χ3v) is 5.37. The molecule has 1 aromatic carbocycles. The van der Waals surface area contributed by atoms with Crippen LogP contribution < -0.4 is 11.1 Å². The summed E-state index contributed by atoms with van der Waals surface area (Å²) in [4.78, 5) is 12.2. The number of nitrogen functional groups attached to an aromatic ring is 1. The van der Waals surface area contributed by atoms with Gasteiger partial charge in [-0.2, -0.15) is 0 Å². The second kappa shape index (κ2) is 3.93. The molecule has 4 rings (SSSR count). The molecule has 3 N–H and O–H groups in total. The average Bonchev–Trinajstić information content (AvgIpc) is 2.82. The Morgan fingerprint density at radius 3 is 2.40 bits per heavy atom. The van der Waals surface area contributed by atoms with Gasteiger partial charge in [-0.3, -0.25) is 4.79 Å². The van der Waals surface area contributed by atoms with E-state index in [-0.39, 0.29) is 23.2 Å². The van der Waals surface area contributed by atoms with Crippen molar-refractivity contribution >= 4 is 11.6 Å². The maximum Gasteiger partial charge on any atom is 0.253 e. The zero-order valence-corrected chi connectivity index (χ0v) is 10.9. The summed E-state index contributed by atoms with van der Waals surface area (Å²) in [7, 11) is 0. The normalized spacial score (nSPS) is 36.8. The number of nitrogens with two attached hydrogens (primary N) is 1. The Morgan fingerprint density at radius 2 is 1.75 bits per heavy atom. The second-order valence-electron chi connectivity index (χ2n) is 6.34. The maximum atomic E-state index is 13.2. The van der Waals surface area contributed by atoms with E-state index in [0.29, 0.717) is 11.8 Å². The molecule has 4 atom stereocenters. The van der Waals surface area contributed by atoms with E-state index in [1.54, 1.807) is 0 Å². The smallest absolute Gasteiger partial charge is 0.253 e. The summed E-state index contributed by atoms with van der Waals surface area (Å²) in [5, 5.41) is 2.95. The summed E-state index contributed by atoms with van der Waals surface area (Å²) in [6, 6.07) is 1.95. The Hall–Kier alpha value is -1.65. The lowest BCUT2D eigenvalue weighted by molar-refractivity contribution is 0.0944. The summed E-state index contributed by atoms with van der Waals surface area (Å²) in [6.07, 6.45) is 3.84. The molecule has 20 heavy (non-hydrogen) atoms. The molecule has 3 fully saturated rings. The minimum Gasteiger partial charge on any atom is -0.398 e. The third kappa shape index (κ3) is 1.58. The SMILES string of the molecule is Nc1cc(F)c(F)cc1C(=O)NC1C2C3CCC(C3)C12. The standard InChI is InChI=1S/C15H16F2N2O/c16-9-4-8(11(18)5-10(9)17)15(20)19-14-12-6-1-2-7(3-6)13(12)14/h4-7,12-14H,1-3,18H2,(H,19,20). The average molecular weight is 278 g/mol. The summed E-state index contributed by atoms with van der Waals surface area (Å²) >= 11 is 0. The molecule has 5 heteroatoms. The molecule has 0 spiro atoms. The molecule has 0 aromatic heterocycles. The van der Waals surface area contributed by atoms with Crippen LogP contribution in [0.1, 0.15) is 29.6 Å². The molecule has 0 saturated heterocycles. The number of amides is 1. The van der Waals surface area contributed by atoms with Crippen molar-refractivity contribution in [1.82, 2.24) is 5.32 Å². The number of anilines is 1. The highest BCUT2D eigenvalue weighted by molar-refractivity contribution is 5.99. The monoisotopic (exact) mass is 278 g/mol. The van der Waals surface area contributed by atoms with Crippen LogP contribution in [0.4, 0.5) is 14.5 Å². The first-order valence-corrected chi connectivity index (χ1v) is 7.11. The minimum atomic E-state index is -1.04. The predicted molar refractivity (Wildman–Crippen MR) is 69.8 cm³/mol. The fourth-order valence-electron chi connectivity index (χ4n) is 4.51. The second-order valence-corrected chi connectivity index (χ2v) is 6.34. The van der Waals surface area contributed by atoms with Gasteiger partial charge in [-0.15, -0.1) is 0 Å². The predicted octanol–water partition coefficient (Wildman–Crippen LogP) is 2.32. The highest BCUT2D eigenvalue weighted by Crippen LogP contribution is 2.65. The lowest BCUT2D eigenvalue weighted by Crippen LogP contribution is -2.30. The highest BCUT2D eigenvalue weighted by atomic mass is 19.2. The van der Waals surface area contributed by atoms with E-state index in [4.69, 9.17) is 5.73 Å². The van der Waals surface area contributed by atoms with Crippen molar-refractivity contribution in [1.29, 1.82) is 0 Å². The Morgan fingerprint density at radius 1 is 1.15 bits per heavy atom. The molecule has 106 valence electrons. The van der Waals surface area contributed by atoms with Gasteiger partial charge in [-0.1, -0.05) is 0 Å². The van der Waals surface area contributed by atoms with Gasteiger partial charge in [0, 0.05) is 17.8 Å². The van der Waals surface area contributed by atoms with Gasteiger partial charge in [-0.25, -0.2) is 8.78 Å². The number of fused-ring (bicyclic) bond motifs is 5. The van der Waals surface area contributed by atoms with Gasteiger partial charge >= 0.3 is 0 Å². The molecule has 4 unspecified atom stereocenters. The molecule has 3 aliphatic rings.